The topological polar surface area (TPSA) is 24.9 Å². The lowest BCUT2D eigenvalue weighted by Crippen LogP contribution is -1.90. The first kappa shape index (κ1) is 15.9. The van der Waals surface area contributed by atoms with Crippen molar-refractivity contribution in [2.24, 2.45) is 0 Å². The van der Waals surface area contributed by atoms with Gasteiger partial charge in [-0.25, -0.2) is 4.98 Å². The van der Waals surface area contributed by atoms with Gasteiger partial charge >= 0.3 is 0 Å². The fourth-order valence-corrected chi connectivity index (χ4v) is 3.19. The number of hydrogen-bond acceptors (Lipinski definition) is 3. The number of halogens is 4. The summed E-state index contributed by atoms with van der Waals surface area (Å²) in [4.78, 5) is 4.52. The largest absolute Gasteiger partial charge is 0.330 e. The highest BCUT2D eigenvalue weighted by Gasteiger charge is 2.09. The van der Waals surface area contributed by atoms with Crippen LogP contribution in [0.1, 0.15) is 0 Å². The fourth-order valence-electron chi connectivity index (χ4n) is 1.83. The molecule has 1 aromatic heterocycles. The van der Waals surface area contributed by atoms with E-state index in [1.807, 2.05) is 11.4 Å². The molecule has 0 saturated carbocycles. The third-order valence-corrected chi connectivity index (χ3v) is 4.95. The normalized spacial score (nSPS) is 10.7. The molecule has 0 saturated heterocycles. The number of nitrogens with one attached hydrogen (secondary N) is 1. The minimum atomic E-state index is 0.500. The van der Waals surface area contributed by atoms with Crippen molar-refractivity contribution in [2.45, 2.75) is 0 Å². The van der Waals surface area contributed by atoms with Crippen molar-refractivity contribution in [3.05, 3.63) is 61.9 Å². The summed E-state index contributed by atoms with van der Waals surface area (Å²) in [5, 5.41) is 8.01. The summed E-state index contributed by atoms with van der Waals surface area (Å²) in [6.45, 7) is 0. The summed E-state index contributed by atoms with van der Waals surface area (Å²) in [6, 6.07) is 10.6. The van der Waals surface area contributed by atoms with Crippen molar-refractivity contribution in [2.75, 3.05) is 5.32 Å². The van der Waals surface area contributed by atoms with Crippen molar-refractivity contribution in [3.8, 4) is 11.3 Å². The van der Waals surface area contributed by atoms with Crippen LogP contribution in [0.2, 0.25) is 20.1 Å². The first-order valence-electron chi connectivity index (χ1n) is 6.16. The molecule has 3 aromatic rings. The van der Waals surface area contributed by atoms with Crippen molar-refractivity contribution in [1.29, 1.82) is 0 Å². The Morgan fingerprint density at radius 2 is 1.64 bits per heavy atom. The third kappa shape index (κ3) is 3.50. The molecule has 2 nitrogen and oxygen atoms in total. The van der Waals surface area contributed by atoms with E-state index in [4.69, 9.17) is 46.4 Å². The van der Waals surface area contributed by atoms with Crippen LogP contribution in [0, 0.1) is 0 Å². The van der Waals surface area contributed by atoms with Crippen LogP contribution < -0.4 is 5.32 Å². The molecule has 0 fully saturated rings. The molecule has 1 heterocycles. The molecule has 0 spiro atoms. The lowest BCUT2D eigenvalue weighted by molar-refractivity contribution is 1.38. The van der Waals surface area contributed by atoms with E-state index in [9.17, 15) is 0 Å². The molecule has 0 aliphatic heterocycles. The van der Waals surface area contributed by atoms with E-state index in [0.717, 1.165) is 11.3 Å². The molecule has 0 radical (unpaired) electrons. The van der Waals surface area contributed by atoms with Gasteiger partial charge in [-0.1, -0.05) is 52.5 Å². The average Bonchev–Trinajstić information content (AvgIpc) is 2.94. The Bertz CT molecular complexity index is 832. The number of nitrogens with zero attached hydrogens (tertiary/aromatic N) is 1. The summed E-state index contributed by atoms with van der Waals surface area (Å²) >= 11 is 25.5. The summed E-state index contributed by atoms with van der Waals surface area (Å²) in [5.74, 6) is 0. The van der Waals surface area contributed by atoms with Crippen LogP contribution in [0.4, 0.5) is 10.8 Å². The van der Waals surface area contributed by atoms with Crippen LogP contribution in [0.5, 0.6) is 0 Å². The van der Waals surface area contributed by atoms with E-state index >= 15 is 0 Å². The van der Waals surface area contributed by atoms with Gasteiger partial charge in [-0.3, -0.25) is 0 Å². The van der Waals surface area contributed by atoms with Crippen LogP contribution in [-0.4, -0.2) is 4.98 Å². The van der Waals surface area contributed by atoms with E-state index in [1.54, 1.807) is 30.3 Å². The molecule has 0 aliphatic rings. The van der Waals surface area contributed by atoms with Crippen molar-refractivity contribution in [1.82, 2.24) is 4.98 Å². The van der Waals surface area contributed by atoms with E-state index in [0.29, 0.717) is 30.9 Å². The Morgan fingerprint density at radius 1 is 0.864 bits per heavy atom. The minimum absolute atomic E-state index is 0.500. The average molecular weight is 390 g/mol. The van der Waals surface area contributed by atoms with E-state index in [2.05, 4.69) is 10.3 Å². The molecule has 1 N–H and O–H groups in total. The standard InChI is InChI=1S/C15H8Cl4N2S/c16-9-2-4-11(18)13(6-9)20-15-21-14(7-22-15)8-1-3-10(17)12(19)5-8/h1-7H,(H,20,21). The van der Waals surface area contributed by atoms with Gasteiger partial charge < -0.3 is 5.32 Å². The molecular formula is C15H8Cl4N2S. The molecule has 2 aromatic carbocycles. The summed E-state index contributed by atoms with van der Waals surface area (Å²) in [5.41, 5.74) is 2.42. The molecule has 3 rings (SSSR count). The Balaban J connectivity index is 1.87. The zero-order chi connectivity index (χ0) is 15.7. The van der Waals surface area contributed by atoms with Gasteiger partial charge in [0.2, 0.25) is 0 Å². The predicted octanol–water partition coefficient (Wildman–Crippen LogP) is 7.17. The number of hydrogen-bond donors (Lipinski definition) is 1. The highest BCUT2D eigenvalue weighted by molar-refractivity contribution is 7.14. The summed E-state index contributed by atoms with van der Waals surface area (Å²) in [6.07, 6.45) is 0. The third-order valence-electron chi connectivity index (χ3n) is 2.89. The monoisotopic (exact) mass is 388 g/mol. The molecule has 0 unspecified atom stereocenters. The first-order valence-corrected chi connectivity index (χ1v) is 8.55. The number of benzene rings is 2. The highest BCUT2D eigenvalue weighted by Crippen LogP contribution is 2.33. The second-order valence-corrected chi connectivity index (χ2v) is 6.93. The molecule has 0 bridgehead atoms. The van der Waals surface area contributed by atoms with Crippen molar-refractivity contribution < 1.29 is 0 Å². The van der Waals surface area contributed by atoms with Crippen LogP contribution in [-0.2, 0) is 0 Å². The molecule has 0 atom stereocenters. The zero-order valence-electron chi connectivity index (χ0n) is 10.9. The van der Waals surface area contributed by atoms with Gasteiger partial charge in [0.1, 0.15) is 0 Å². The zero-order valence-corrected chi connectivity index (χ0v) is 14.7. The minimum Gasteiger partial charge on any atom is -0.330 e. The molecule has 0 amide bonds. The predicted molar refractivity (Wildman–Crippen MR) is 97.3 cm³/mol. The van der Waals surface area contributed by atoms with Crippen LogP contribution in [0.25, 0.3) is 11.3 Å². The lowest BCUT2D eigenvalue weighted by atomic mass is 10.2. The molecule has 7 heteroatoms. The summed E-state index contributed by atoms with van der Waals surface area (Å²) in [7, 11) is 0. The van der Waals surface area contributed by atoms with Gasteiger partial charge in [0.15, 0.2) is 5.13 Å². The first-order chi connectivity index (χ1) is 10.5. The Morgan fingerprint density at radius 3 is 2.41 bits per heavy atom. The number of anilines is 2. The molecule has 0 aliphatic carbocycles. The molecular weight excluding hydrogens is 382 g/mol. The van der Waals surface area contributed by atoms with Crippen molar-refractivity contribution in [3.63, 3.8) is 0 Å². The van der Waals surface area contributed by atoms with Crippen LogP contribution in [0.15, 0.2) is 41.8 Å². The van der Waals surface area contributed by atoms with Crippen molar-refractivity contribution >= 4 is 68.6 Å². The maximum Gasteiger partial charge on any atom is 0.187 e. The van der Waals surface area contributed by atoms with E-state index in [-0.39, 0.29) is 0 Å². The van der Waals surface area contributed by atoms with Crippen LogP contribution >= 0.6 is 57.7 Å². The number of thiazole rings is 1. The Hall–Kier alpha value is -0.970. The quantitative estimate of drug-likeness (QED) is 0.513. The lowest BCUT2D eigenvalue weighted by Gasteiger charge is -2.05. The maximum absolute atomic E-state index is 6.13. The Kier molecular flexibility index (Phi) is 4.81. The number of rotatable bonds is 3. The maximum atomic E-state index is 6.13. The fraction of sp³-hybridized carbons (Fsp3) is 0. The second kappa shape index (κ2) is 6.65. The van der Waals surface area contributed by atoms with Gasteiger partial charge in [0.05, 0.1) is 26.4 Å². The highest BCUT2D eigenvalue weighted by atomic mass is 35.5. The second-order valence-electron chi connectivity index (χ2n) is 4.42. The van der Waals surface area contributed by atoms with Gasteiger partial charge in [0, 0.05) is 16.0 Å². The smallest absolute Gasteiger partial charge is 0.187 e. The Labute approximate surface area is 151 Å². The van der Waals surface area contributed by atoms with Crippen LogP contribution in [0.3, 0.4) is 0 Å². The van der Waals surface area contributed by atoms with Gasteiger partial charge in [-0.2, -0.15) is 0 Å². The molecule has 22 heavy (non-hydrogen) atoms. The SMILES string of the molecule is Clc1ccc(Cl)c(Nc2nc(-c3ccc(Cl)c(Cl)c3)cs2)c1. The van der Waals surface area contributed by atoms with Gasteiger partial charge in [0.25, 0.3) is 0 Å². The number of aromatic nitrogens is 1. The van der Waals surface area contributed by atoms with E-state index < -0.39 is 0 Å². The van der Waals surface area contributed by atoms with E-state index in [1.165, 1.54) is 11.3 Å². The van der Waals surface area contributed by atoms with Gasteiger partial charge in [-0.05, 0) is 30.3 Å². The molecule has 112 valence electrons. The summed E-state index contributed by atoms with van der Waals surface area (Å²) < 4.78 is 0. The van der Waals surface area contributed by atoms with Gasteiger partial charge in [-0.15, -0.1) is 11.3 Å².